The third-order valence-corrected chi connectivity index (χ3v) is 2.32. The zero-order valence-electron chi connectivity index (χ0n) is 8.93. The van der Waals surface area contributed by atoms with E-state index in [4.69, 9.17) is 19.9 Å². The number of hydrogen-bond donors (Lipinski definition) is 1. The maximum Gasteiger partial charge on any atom is 0.342 e. The maximum atomic E-state index is 11.8. The molecule has 16 heavy (non-hydrogen) atoms. The van der Waals surface area contributed by atoms with E-state index >= 15 is 0 Å². The fourth-order valence-electron chi connectivity index (χ4n) is 1.38. The number of anilines is 1. The van der Waals surface area contributed by atoms with Crippen molar-refractivity contribution in [2.75, 3.05) is 26.1 Å². The lowest BCUT2D eigenvalue weighted by molar-refractivity contribution is -0.103. The van der Waals surface area contributed by atoms with Gasteiger partial charge in [-0.25, -0.2) is 4.79 Å². The minimum Gasteiger partial charge on any atom is -0.496 e. The molecule has 0 saturated carbocycles. The molecule has 5 heteroatoms. The molecule has 0 aromatic heterocycles. The molecule has 0 spiro atoms. The zero-order chi connectivity index (χ0) is 11.5. The normalized spacial score (nSPS) is 15.3. The van der Waals surface area contributed by atoms with Crippen LogP contribution in [0.4, 0.5) is 5.69 Å². The van der Waals surface area contributed by atoms with Gasteiger partial charge < -0.3 is 19.9 Å². The summed E-state index contributed by atoms with van der Waals surface area (Å²) in [4.78, 5) is 11.8. The second-order valence-electron chi connectivity index (χ2n) is 3.52. The van der Waals surface area contributed by atoms with E-state index in [0.717, 1.165) is 0 Å². The number of esters is 1. The third kappa shape index (κ3) is 2.09. The summed E-state index contributed by atoms with van der Waals surface area (Å²) in [6.45, 7) is 0.909. The topological polar surface area (TPSA) is 70.8 Å². The molecule has 2 N–H and O–H groups in total. The van der Waals surface area contributed by atoms with Gasteiger partial charge in [0.25, 0.3) is 0 Å². The highest BCUT2D eigenvalue weighted by Crippen LogP contribution is 2.23. The van der Waals surface area contributed by atoms with E-state index in [2.05, 4.69) is 0 Å². The first-order valence-corrected chi connectivity index (χ1v) is 4.93. The first-order chi connectivity index (χ1) is 7.70. The largest absolute Gasteiger partial charge is 0.496 e. The summed E-state index contributed by atoms with van der Waals surface area (Å²) < 4.78 is 15.2. The molecule has 1 fully saturated rings. The third-order valence-electron chi connectivity index (χ3n) is 2.32. The van der Waals surface area contributed by atoms with Crippen LogP contribution in [0.15, 0.2) is 18.2 Å². The van der Waals surface area contributed by atoms with Crippen LogP contribution in [0.2, 0.25) is 0 Å². The van der Waals surface area contributed by atoms with Gasteiger partial charge in [-0.1, -0.05) is 0 Å². The van der Waals surface area contributed by atoms with Gasteiger partial charge in [0.2, 0.25) is 0 Å². The Morgan fingerprint density at radius 2 is 2.25 bits per heavy atom. The molecule has 1 heterocycles. The lowest BCUT2D eigenvalue weighted by Gasteiger charge is -2.25. The molecule has 1 aromatic carbocycles. The molecule has 1 aliphatic heterocycles. The van der Waals surface area contributed by atoms with E-state index in [0.29, 0.717) is 30.2 Å². The van der Waals surface area contributed by atoms with Gasteiger partial charge in [0.1, 0.15) is 17.4 Å². The molecule has 0 bridgehead atoms. The van der Waals surface area contributed by atoms with Crippen molar-refractivity contribution in [1.29, 1.82) is 0 Å². The molecule has 86 valence electrons. The second kappa shape index (κ2) is 4.40. The van der Waals surface area contributed by atoms with Crippen molar-refractivity contribution >= 4 is 11.7 Å². The van der Waals surface area contributed by atoms with Crippen LogP contribution in [0.3, 0.4) is 0 Å². The Balaban J connectivity index is 2.16. The average molecular weight is 223 g/mol. The van der Waals surface area contributed by atoms with Crippen molar-refractivity contribution in [2.45, 2.75) is 6.10 Å². The molecule has 5 nitrogen and oxygen atoms in total. The van der Waals surface area contributed by atoms with Gasteiger partial charge in [0, 0.05) is 5.69 Å². The number of carbonyl (C=O) groups is 1. The van der Waals surface area contributed by atoms with E-state index in [1.54, 1.807) is 18.2 Å². The monoisotopic (exact) mass is 223 g/mol. The molecule has 1 aliphatic rings. The Bertz CT molecular complexity index is 401. The van der Waals surface area contributed by atoms with Crippen molar-refractivity contribution in [3.63, 3.8) is 0 Å². The number of nitrogens with two attached hydrogens (primary N) is 1. The maximum absolute atomic E-state index is 11.8. The summed E-state index contributed by atoms with van der Waals surface area (Å²) in [5, 5.41) is 0. The highest BCUT2D eigenvalue weighted by Gasteiger charge is 2.25. The summed E-state index contributed by atoms with van der Waals surface area (Å²) in [5.74, 6) is 0.0249. The molecule has 0 amide bonds. The van der Waals surface area contributed by atoms with Crippen LogP contribution in [0.1, 0.15) is 10.4 Å². The summed E-state index contributed by atoms with van der Waals surface area (Å²) in [6.07, 6.45) is -0.154. The van der Waals surface area contributed by atoms with E-state index in [9.17, 15) is 4.79 Å². The number of ether oxygens (including phenoxy) is 3. The first-order valence-electron chi connectivity index (χ1n) is 4.93. The highest BCUT2D eigenvalue weighted by atomic mass is 16.6. The van der Waals surface area contributed by atoms with E-state index in [-0.39, 0.29) is 6.10 Å². The van der Waals surface area contributed by atoms with E-state index in [1.807, 2.05) is 0 Å². The predicted molar refractivity (Wildman–Crippen MR) is 57.4 cm³/mol. The van der Waals surface area contributed by atoms with Gasteiger partial charge in [-0.3, -0.25) is 0 Å². The zero-order valence-corrected chi connectivity index (χ0v) is 8.93. The van der Waals surface area contributed by atoms with E-state index < -0.39 is 5.97 Å². The molecular weight excluding hydrogens is 210 g/mol. The van der Waals surface area contributed by atoms with Crippen molar-refractivity contribution in [1.82, 2.24) is 0 Å². The lowest BCUT2D eigenvalue weighted by Crippen LogP contribution is -2.37. The molecule has 1 saturated heterocycles. The Hall–Kier alpha value is -1.75. The number of rotatable bonds is 3. The van der Waals surface area contributed by atoms with Crippen LogP contribution in [-0.4, -0.2) is 32.4 Å². The Morgan fingerprint density at radius 1 is 1.50 bits per heavy atom. The second-order valence-corrected chi connectivity index (χ2v) is 3.52. The van der Waals surface area contributed by atoms with Crippen molar-refractivity contribution in [3.8, 4) is 5.75 Å². The van der Waals surface area contributed by atoms with E-state index in [1.165, 1.54) is 7.11 Å². The number of nitrogen functional groups attached to an aromatic ring is 1. The molecule has 0 unspecified atom stereocenters. The smallest absolute Gasteiger partial charge is 0.342 e. The number of methoxy groups -OCH3 is 1. The number of hydrogen-bond acceptors (Lipinski definition) is 5. The predicted octanol–water partition coefficient (Wildman–Crippen LogP) is 0.833. The Morgan fingerprint density at radius 3 is 2.81 bits per heavy atom. The molecular formula is C11H13NO4. The Kier molecular flexibility index (Phi) is 2.96. The lowest BCUT2D eigenvalue weighted by atomic mass is 10.2. The molecule has 0 radical (unpaired) electrons. The molecule has 0 atom stereocenters. The number of carbonyl (C=O) groups excluding carboxylic acids is 1. The average Bonchev–Trinajstić information content (AvgIpc) is 2.23. The summed E-state index contributed by atoms with van der Waals surface area (Å²) in [7, 11) is 1.49. The van der Waals surface area contributed by atoms with Crippen LogP contribution in [-0.2, 0) is 9.47 Å². The molecule has 2 rings (SSSR count). The molecule has 0 aliphatic carbocycles. The van der Waals surface area contributed by atoms with Crippen molar-refractivity contribution < 1.29 is 19.0 Å². The fraction of sp³-hybridized carbons (Fsp3) is 0.364. The standard InChI is InChI=1S/C11H13NO4/c1-14-10-3-2-7(12)4-9(10)11(13)16-8-5-15-6-8/h2-4,8H,5-6,12H2,1H3. The van der Waals surface area contributed by atoms with Crippen LogP contribution >= 0.6 is 0 Å². The Labute approximate surface area is 93.1 Å². The summed E-state index contributed by atoms with van der Waals surface area (Å²) >= 11 is 0. The SMILES string of the molecule is COc1ccc(N)cc1C(=O)OC1COC1. The van der Waals surface area contributed by atoms with Gasteiger partial charge in [-0.15, -0.1) is 0 Å². The van der Waals surface area contributed by atoms with Crippen LogP contribution in [0.25, 0.3) is 0 Å². The summed E-state index contributed by atoms with van der Waals surface area (Å²) in [5.41, 5.74) is 6.45. The quantitative estimate of drug-likeness (QED) is 0.607. The van der Waals surface area contributed by atoms with Gasteiger partial charge in [0.05, 0.1) is 20.3 Å². The fourth-order valence-corrected chi connectivity index (χ4v) is 1.38. The van der Waals surface area contributed by atoms with Gasteiger partial charge in [0.15, 0.2) is 0 Å². The van der Waals surface area contributed by atoms with Crippen molar-refractivity contribution in [3.05, 3.63) is 23.8 Å². The number of benzene rings is 1. The highest BCUT2D eigenvalue weighted by molar-refractivity contribution is 5.93. The minimum atomic E-state index is -0.433. The van der Waals surface area contributed by atoms with Gasteiger partial charge >= 0.3 is 5.97 Å². The molecule has 1 aromatic rings. The van der Waals surface area contributed by atoms with Crippen LogP contribution in [0, 0.1) is 0 Å². The van der Waals surface area contributed by atoms with Crippen LogP contribution in [0.5, 0.6) is 5.75 Å². The van der Waals surface area contributed by atoms with Crippen LogP contribution < -0.4 is 10.5 Å². The minimum absolute atomic E-state index is 0.154. The summed E-state index contributed by atoms with van der Waals surface area (Å²) in [6, 6.07) is 4.85. The van der Waals surface area contributed by atoms with Gasteiger partial charge in [-0.2, -0.15) is 0 Å². The van der Waals surface area contributed by atoms with Gasteiger partial charge in [-0.05, 0) is 18.2 Å². The van der Waals surface area contributed by atoms with Crippen molar-refractivity contribution in [2.24, 2.45) is 0 Å². The first kappa shape index (κ1) is 10.8.